The molecule has 6 heteroatoms. The van der Waals surface area contributed by atoms with E-state index < -0.39 is 0 Å². The minimum Gasteiger partial charge on any atom is -0.325 e. The number of piperazine rings is 1. The number of rotatable bonds is 5. The number of benzene rings is 1. The molecule has 1 heterocycles. The van der Waals surface area contributed by atoms with Gasteiger partial charge in [-0.3, -0.25) is 14.6 Å². The highest BCUT2D eigenvalue weighted by Gasteiger charge is 2.19. The third-order valence-corrected chi connectivity index (χ3v) is 3.46. The van der Waals surface area contributed by atoms with Gasteiger partial charge in [-0.1, -0.05) is 24.2 Å². The van der Waals surface area contributed by atoms with Gasteiger partial charge in [0.2, 0.25) is 5.91 Å². The van der Waals surface area contributed by atoms with Crippen LogP contribution < -0.4 is 5.32 Å². The summed E-state index contributed by atoms with van der Waals surface area (Å²) in [5.74, 6) is -0.487. The predicted octanol–water partition coefficient (Wildman–Crippen LogP) is 2.13. The van der Waals surface area contributed by atoms with Gasteiger partial charge in [0.05, 0.1) is 6.54 Å². The molecule has 1 aliphatic heterocycles. The molecule has 1 amide bonds. The maximum absolute atomic E-state index is 13.0. The van der Waals surface area contributed by atoms with Gasteiger partial charge >= 0.3 is 0 Å². The van der Waals surface area contributed by atoms with Crippen molar-refractivity contribution in [2.75, 3.05) is 44.6 Å². The van der Waals surface area contributed by atoms with Crippen LogP contribution in [0.3, 0.4) is 0 Å². The minimum absolute atomic E-state index is 0.129. The average molecular weight is 312 g/mol. The van der Waals surface area contributed by atoms with E-state index in [2.05, 4.69) is 21.7 Å². The zero-order valence-corrected chi connectivity index (χ0v) is 12.6. The van der Waals surface area contributed by atoms with E-state index in [0.717, 1.165) is 26.2 Å². The molecular weight excluding hydrogens is 293 g/mol. The lowest BCUT2D eigenvalue weighted by Crippen LogP contribution is -2.48. The van der Waals surface area contributed by atoms with E-state index in [1.54, 1.807) is 12.1 Å². The van der Waals surface area contributed by atoms with Crippen molar-refractivity contribution in [2.24, 2.45) is 0 Å². The van der Waals surface area contributed by atoms with Crippen LogP contribution in [0.2, 0.25) is 0 Å². The molecule has 0 bridgehead atoms. The summed E-state index contributed by atoms with van der Waals surface area (Å²) in [6.07, 6.45) is 0. The van der Waals surface area contributed by atoms with Crippen LogP contribution >= 0.6 is 11.6 Å². The van der Waals surface area contributed by atoms with Crippen LogP contribution in [-0.4, -0.2) is 55.0 Å². The molecular formula is C15H19ClFN3O. The largest absolute Gasteiger partial charge is 0.325 e. The third kappa shape index (κ3) is 5.46. The fraction of sp³-hybridized carbons (Fsp3) is 0.400. The molecule has 0 radical (unpaired) electrons. The second-order valence-electron chi connectivity index (χ2n) is 5.13. The van der Waals surface area contributed by atoms with Crippen LogP contribution in [0.1, 0.15) is 0 Å². The monoisotopic (exact) mass is 311 g/mol. The van der Waals surface area contributed by atoms with Crippen molar-refractivity contribution in [1.29, 1.82) is 0 Å². The molecule has 0 unspecified atom stereocenters. The van der Waals surface area contributed by atoms with Gasteiger partial charge in [-0.25, -0.2) is 4.39 Å². The molecule has 114 valence electrons. The van der Waals surface area contributed by atoms with Crippen LogP contribution in [0.15, 0.2) is 35.9 Å². The number of hydrogen-bond donors (Lipinski definition) is 1. The molecule has 21 heavy (non-hydrogen) atoms. The summed E-state index contributed by atoms with van der Waals surface area (Å²) in [7, 11) is 0. The van der Waals surface area contributed by atoms with Gasteiger partial charge in [-0.15, -0.1) is 0 Å². The quantitative estimate of drug-likeness (QED) is 0.905. The molecule has 1 aromatic carbocycles. The second kappa shape index (κ2) is 7.54. The molecule has 2 rings (SSSR count). The van der Waals surface area contributed by atoms with Gasteiger partial charge < -0.3 is 5.32 Å². The van der Waals surface area contributed by atoms with Crippen LogP contribution in [0, 0.1) is 5.82 Å². The van der Waals surface area contributed by atoms with E-state index >= 15 is 0 Å². The first-order valence-corrected chi connectivity index (χ1v) is 7.24. The molecule has 0 spiro atoms. The summed E-state index contributed by atoms with van der Waals surface area (Å²) in [6, 6.07) is 5.90. The SMILES string of the molecule is C=C(Cl)CN1CCN(CC(=O)Nc2cccc(F)c2)CC1. The van der Waals surface area contributed by atoms with E-state index in [1.165, 1.54) is 12.1 Å². The number of halogens is 2. The number of nitrogens with zero attached hydrogens (tertiary/aromatic N) is 2. The smallest absolute Gasteiger partial charge is 0.238 e. The zero-order chi connectivity index (χ0) is 15.2. The first kappa shape index (κ1) is 15.9. The summed E-state index contributed by atoms with van der Waals surface area (Å²) in [5.41, 5.74) is 0.483. The average Bonchev–Trinajstić information content (AvgIpc) is 2.40. The highest BCUT2D eigenvalue weighted by Crippen LogP contribution is 2.10. The van der Waals surface area contributed by atoms with Crippen LogP contribution in [0.25, 0.3) is 0 Å². The van der Waals surface area contributed by atoms with Gasteiger partial charge in [0, 0.05) is 43.4 Å². The van der Waals surface area contributed by atoms with Gasteiger partial charge in [0.25, 0.3) is 0 Å². The summed E-state index contributed by atoms with van der Waals surface area (Å²) < 4.78 is 13.0. The van der Waals surface area contributed by atoms with Crippen molar-refractivity contribution in [1.82, 2.24) is 9.80 Å². The molecule has 1 aromatic rings. The highest BCUT2D eigenvalue weighted by molar-refractivity contribution is 6.29. The third-order valence-electron chi connectivity index (χ3n) is 3.34. The van der Waals surface area contributed by atoms with E-state index in [1.807, 2.05) is 0 Å². The van der Waals surface area contributed by atoms with Crippen molar-refractivity contribution in [3.63, 3.8) is 0 Å². The van der Waals surface area contributed by atoms with Crippen molar-refractivity contribution in [2.45, 2.75) is 0 Å². The Bertz CT molecular complexity index is 515. The first-order chi connectivity index (χ1) is 10.0. The Labute approximate surface area is 129 Å². The lowest BCUT2D eigenvalue weighted by Gasteiger charge is -2.34. The Hall–Kier alpha value is -1.43. The van der Waals surface area contributed by atoms with Crippen molar-refractivity contribution in [3.8, 4) is 0 Å². The van der Waals surface area contributed by atoms with Crippen molar-refractivity contribution >= 4 is 23.2 Å². The van der Waals surface area contributed by atoms with Crippen LogP contribution in [0.5, 0.6) is 0 Å². The molecule has 1 saturated heterocycles. The summed E-state index contributed by atoms with van der Waals surface area (Å²) in [4.78, 5) is 16.2. The molecule has 1 aliphatic rings. The van der Waals surface area contributed by atoms with Crippen molar-refractivity contribution < 1.29 is 9.18 Å². The van der Waals surface area contributed by atoms with Gasteiger partial charge in [0.1, 0.15) is 5.82 Å². The number of hydrogen-bond acceptors (Lipinski definition) is 3. The van der Waals surface area contributed by atoms with Gasteiger partial charge in [-0.2, -0.15) is 0 Å². The van der Waals surface area contributed by atoms with E-state index in [0.29, 0.717) is 23.8 Å². The molecule has 0 aromatic heterocycles. The van der Waals surface area contributed by atoms with Gasteiger partial charge in [0.15, 0.2) is 0 Å². The Balaban J connectivity index is 1.75. The molecule has 1 fully saturated rings. The van der Waals surface area contributed by atoms with E-state index in [4.69, 9.17) is 11.6 Å². The second-order valence-corrected chi connectivity index (χ2v) is 5.66. The number of carbonyl (C=O) groups is 1. The Morgan fingerprint density at radius 3 is 2.43 bits per heavy atom. The fourth-order valence-corrected chi connectivity index (χ4v) is 2.49. The number of nitrogens with one attached hydrogen (secondary N) is 1. The Morgan fingerprint density at radius 2 is 1.86 bits per heavy atom. The minimum atomic E-state index is -0.359. The molecule has 0 atom stereocenters. The molecule has 1 N–H and O–H groups in total. The maximum atomic E-state index is 13.0. The van der Waals surface area contributed by atoms with Crippen molar-refractivity contribution in [3.05, 3.63) is 41.7 Å². The first-order valence-electron chi connectivity index (χ1n) is 6.86. The summed E-state index contributed by atoms with van der Waals surface area (Å²) in [6.45, 7) is 8.02. The standard InChI is InChI=1S/C15H19ClFN3O/c1-12(16)10-19-5-7-20(8-6-19)11-15(21)18-14-4-2-3-13(17)9-14/h2-4,9H,1,5-8,10-11H2,(H,18,21). The lowest BCUT2D eigenvalue weighted by atomic mass is 10.3. The zero-order valence-electron chi connectivity index (χ0n) is 11.8. The fourth-order valence-electron chi connectivity index (χ4n) is 2.32. The van der Waals surface area contributed by atoms with Gasteiger partial charge in [-0.05, 0) is 18.2 Å². The maximum Gasteiger partial charge on any atom is 0.238 e. The number of carbonyl (C=O) groups excluding carboxylic acids is 1. The number of amides is 1. The topological polar surface area (TPSA) is 35.6 Å². The summed E-state index contributed by atoms with van der Waals surface area (Å²) in [5, 5.41) is 3.34. The molecule has 0 saturated carbocycles. The van der Waals surface area contributed by atoms with E-state index in [-0.39, 0.29) is 11.7 Å². The Morgan fingerprint density at radius 1 is 1.24 bits per heavy atom. The Kier molecular flexibility index (Phi) is 5.73. The normalized spacial score (nSPS) is 16.7. The summed E-state index contributed by atoms with van der Waals surface area (Å²) >= 11 is 5.79. The molecule has 4 nitrogen and oxygen atoms in total. The van der Waals surface area contributed by atoms with Crippen LogP contribution in [0.4, 0.5) is 10.1 Å². The predicted molar refractivity (Wildman–Crippen MR) is 82.9 cm³/mol. The van der Waals surface area contributed by atoms with E-state index in [9.17, 15) is 9.18 Å². The number of anilines is 1. The van der Waals surface area contributed by atoms with Crippen LogP contribution in [-0.2, 0) is 4.79 Å². The molecule has 0 aliphatic carbocycles. The lowest BCUT2D eigenvalue weighted by molar-refractivity contribution is -0.117. The highest BCUT2D eigenvalue weighted by atomic mass is 35.5.